The van der Waals surface area contributed by atoms with Crippen LogP contribution in [0.3, 0.4) is 0 Å². The number of hydrogen-bond donors (Lipinski definition) is 1. The van der Waals surface area contributed by atoms with Gasteiger partial charge in [0.25, 0.3) is 0 Å². The second-order valence-electron chi connectivity index (χ2n) is 5.31. The largest absolute Gasteiger partial charge is 0.482 e. The highest BCUT2D eigenvalue weighted by Gasteiger charge is 2.04. The van der Waals surface area contributed by atoms with E-state index in [1.165, 1.54) is 25.1 Å². The van der Waals surface area contributed by atoms with E-state index in [9.17, 15) is 9.59 Å². The molecule has 2 rings (SSSR count). The summed E-state index contributed by atoms with van der Waals surface area (Å²) < 4.78 is 10.9. The zero-order valence-electron chi connectivity index (χ0n) is 14.7. The summed E-state index contributed by atoms with van der Waals surface area (Å²) in [5.74, 6) is 0.918. The first-order chi connectivity index (χ1) is 13.1. The Kier molecular flexibility index (Phi) is 8.86. The molecule has 1 amide bonds. The van der Waals surface area contributed by atoms with E-state index in [4.69, 9.17) is 4.74 Å². The zero-order valence-corrected chi connectivity index (χ0v) is 17.1. The molecule has 8 heteroatoms. The van der Waals surface area contributed by atoms with Crippen LogP contribution in [0, 0.1) is 0 Å². The van der Waals surface area contributed by atoms with E-state index in [1.54, 1.807) is 18.2 Å². The van der Waals surface area contributed by atoms with Crippen molar-refractivity contribution in [1.29, 1.82) is 0 Å². The molecule has 0 aromatic heterocycles. The van der Waals surface area contributed by atoms with Gasteiger partial charge < -0.3 is 9.47 Å². The van der Waals surface area contributed by atoms with Gasteiger partial charge in [-0.05, 0) is 29.3 Å². The number of carbonyl (C=O) groups is 2. The number of rotatable bonds is 9. The lowest BCUT2D eigenvalue weighted by Crippen LogP contribution is -2.19. The van der Waals surface area contributed by atoms with E-state index in [-0.39, 0.29) is 12.5 Å². The standard InChI is InChI=1S/C19H19BrN2O4S/c1-25-19(24)11-26-16-7-4-5-14(9-16)10-21-22-18(23)13-27-12-15-6-2-3-8-17(15)20/h2-10H,11-13H2,1H3,(H,22,23)/b21-10-. The van der Waals surface area contributed by atoms with Crippen LogP contribution in [0.4, 0.5) is 0 Å². The highest BCUT2D eigenvalue weighted by molar-refractivity contribution is 9.10. The molecule has 0 fully saturated rings. The van der Waals surface area contributed by atoms with Crippen LogP contribution in [0.1, 0.15) is 11.1 Å². The number of methoxy groups -OCH3 is 1. The molecule has 0 saturated carbocycles. The number of benzene rings is 2. The molecule has 0 aliphatic heterocycles. The number of hydrazone groups is 1. The average Bonchev–Trinajstić information content (AvgIpc) is 2.68. The van der Waals surface area contributed by atoms with Crippen molar-refractivity contribution in [1.82, 2.24) is 5.43 Å². The molecule has 27 heavy (non-hydrogen) atoms. The van der Waals surface area contributed by atoms with Crippen molar-refractivity contribution in [2.75, 3.05) is 19.5 Å². The van der Waals surface area contributed by atoms with Crippen molar-refractivity contribution in [2.24, 2.45) is 5.10 Å². The number of carbonyl (C=O) groups excluding carboxylic acids is 2. The van der Waals surface area contributed by atoms with Gasteiger partial charge in [-0.2, -0.15) is 5.10 Å². The highest BCUT2D eigenvalue weighted by Crippen LogP contribution is 2.21. The molecule has 0 radical (unpaired) electrons. The summed E-state index contributed by atoms with van der Waals surface area (Å²) in [4.78, 5) is 22.9. The van der Waals surface area contributed by atoms with Crippen molar-refractivity contribution < 1.29 is 19.1 Å². The van der Waals surface area contributed by atoms with E-state index in [1.807, 2.05) is 30.3 Å². The van der Waals surface area contributed by atoms with Crippen LogP contribution in [0.25, 0.3) is 0 Å². The Morgan fingerprint density at radius 2 is 2.04 bits per heavy atom. The number of hydrogen-bond acceptors (Lipinski definition) is 6. The van der Waals surface area contributed by atoms with Gasteiger partial charge in [-0.25, -0.2) is 10.2 Å². The molecule has 142 valence electrons. The van der Waals surface area contributed by atoms with Crippen molar-refractivity contribution in [3.8, 4) is 5.75 Å². The summed E-state index contributed by atoms with van der Waals surface area (Å²) in [6.45, 7) is -0.164. The molecule has 2 aromatic rings. The lowest BCUT2D eigenvalue weighted by Gasteiger charge is -2.05. The van der Waals surface area contributed by atoms with Crippen LogP contribution in [0.5, 0.6) is 5.75 Å². The Hall–Kier alpha value is -2.32. The van der Waals surface area contributed by atoms with Gasteiger partial charge in [-0.1, -0.05) is 46.3 Å². The molecule has 0 unspecified atom stereocenters. The summed E-state index contributed by atoms with van der Waals surface area (Å²) in [7, 11) is 1.30. The van der Waals surface area contributed by atoms with E-state index in [0.717, 1.165) is 21.4 Å². The lowest BCUT2D eigenvalue weighted by atomic mass is 10.2. The smallest absolute Gasteiger partial charge is 0.343 e. The fourth-order valence-electron chi connectivity index (χ4n) is 1.97. The Bertz CT molecular complexity index is 814. The van der Waals surface area contributed by atoms with Gasteiger partial charge in [0.05, 0.1) is 19.1 Å². The van der Waals surface area contributed by atoms with Crippen LogP contribution in [0.15, 0.2) is 58.1 Å². The number of thioether (sulfide) groups is 1. The molecule has 2 aromatic carbocycles. The topological polar surface area (TPSA) is 77.0 Å². The van der Waals surface area contributed by atoms with E-state index < -0.39 is 5.97 Å². The monoisotopic (exact) mass is 450 g/mol. The van der Waals surface area contributed by atoms with Crippen LogP contribution >= 0.6 is 27.7 Å². The molecule has 1 N–H and O–H groups in total. The first kappa shape index (κ1) is 21.0. The number of nitrogens with one attached hydrogen (secondary N) is 1. The van der Waals surface area contributed by atoms with Gasteiger partial charge in [0, 0.05) is 10.2 Å². The fraction of sp³-hybridized carbons (Fsp3) is 0.211. The van der Waals surface area contributed by atoms with Gasteiger partial charge >= 0.3 is 5.97 Å². The first-order valence-electron chi connectivity index (χ1n) is 8.01. The van der Waals surface area contributed by atoms with Crippen molar-refractivity contribution >= 4 is 45.8 Å². The second-order valence-corrected chi connectivity index (χ2v) is 7.15. The van der Waals surface area contributed by atoms with Gasteiger partial charge in [-0.15, -0.1) is 11.8 Å². The quantitative estimate of drug-likeness (QED) is 0.359. The summed E-state index contributed by atoms with van der Waals surface area (Å²) in [5.41, 5.74) is 4.37. The van der Waals surface area contributed by atoms with Gasteiger partial charge in [0.15, 0.2) is 6.61 Å². The molecular formula is C19H19BrN2O4S. The van der Waals surface area contributed by atoms with Gasteiger partial charge in [0.2, 0.25) is 5.91 Å². The fourth-order valence-corrected chi connectivity index (χ4v) is 3.40. The predicted octanol–water partition coefficient (Wildman–Crippen LogP) is 3.38. The van der Waals surface area contributed by atoms with E-state index in [0.29, 0.717) is 11.5 Å². The Morgan fingerprint density at radius 1 is 1.22 bits per heavy atom. The van der Waals surface area contributed by atoms with E-state index >= 15 is 0 Å². The summed E-state index contributed by atoms with van der Waals surface area (Å²) in [6.07, 6.45) is 1.52. The second kappa shape index (κ2) is 11.4. The van der Waals surface area contributed by atoms with Crippen LogP contribution in [-0.2, 0) is 20.1 Å². The summed E-state index contributed by atoms with van der Waals surface area (Å²) >= 11 is 5.00. The molecule has 0 saturated heterocycles. The Morgan fingerprint density at radius 3 is 2.81 bits per heavy atom. The van der Waals surface area contributed by atoms with Crippen LogP contribution in [-0.4, -0.2) is 37.6 Å². The minimum absolute atomic E-state index is 0.164. The van der Waals surface area contributed by atoms with Gasteiger partial charge in [-0.3, -0.25) is 4.79 Å². The SMILES string of the molecule is COC(=O)COc1cccc(/C=N\NC(=O)CSCc2ccccc2Br)c1. The number of halogens is 1. The summed E-state index contributed by atoms with van der Waals surface area (Å²) in [5, 5.41) is 3.94. The highest BCUT2D eigenvalue weighted by atomic mass is 79.9. The molecule has 0 aliphatic rings. The van der Waals surface area contributed by atoms with Crippen LogP contribution < -0.4 is 10.2 Å². The molecule has 0 spiro atoms. The molecule has 0 atom stereocenters. The molecule has 6 nitrogen and oxygen atoms in total. The van der Waals surface area contributed by atoms with Crippen molar-refractivity contribution in [2.45, 2.75) is 5.75 Å². The third-order valence-electron chi connectivity index (χ3n) is 3.29. The van der Waals surface area contributed by atoms with Gasteiger partial charge in [0.1, 0.15) is 5.75 Å². The number of ether oxygens (including phenoxy) is 2. The Labute approximate surface area is 170 Å². The van der Waals surface area contributed by atoms with Crippen molar-refractivity contribution in [3.05, 3.63) is 64.1 Å². The normalized spacial score (nSPS) is 10.6. The maximum Gasteiger partial charge on any atom is 0.343 e. The average molecular weight is 451 g/mol. The predicted molar refractivity (Wildman–Crippen MR) is 110 cm³/mol. The Balaban J connectivity index is 1.75. The molecule has 0 aliphatic carbocycles. The van der Waals surface area contributed by atoms with E-state index in [2.05, 4.69) is 31.2 Å². The minimum Gasteiger partial charge on any atom is -0.482 e. The minimum atomic E-state index is -0.457. The van der Waals surface area contributed by atoms with Crippen LogP contribution in [0.2, 0.25) is 0 Å². The molecular weight excluding hydrogens is 432 g/mol. The number of amides is 1. The maximum atomic E-state index is 11.9. The maximum absolute atomic E-state index is 11.9. The molecule has 0 heterocycles. The number of nitrogens with zero attached hydrogens (tertiary/aromatic N) is 1. The molecule has 0 bridgehead atoms. The van der Waals surface area contributed by atoms with Crippen molar-refractivity contribution in [3.63, 3.8) is 0 Å². The lowest BCUT2D eigenvalue weighted by molar-refractivity contribution is -0.142. The third-order valence-corrected chi connectivity index (χ3v) is 5.05. The zero-order chi connectivity index (χ0) is 19.5. The summed E-state index contributed by atoms with van der Waals surface area (Å²) in [6, 6.07) is 14.9. The number of esters is 1. The first-order valence-corrected chi connectivity index (χ1v) is 9.96. The third kappa shape index (κ3) is 7.84.